The Morgan fingerprint density at radius 2 is 1.92 bits per heavy atom. The molecular formula is C30H37ClN2O3S2. The van der Waals surface area contributed by atoms with Gasteiger partial charge >= 0.3 is 0 Å². The number of hydrogen-bond acceptors (Lipinski definition) is 5. The Balaban J connectivity index is 0.000000768. The Bertz CT molecular complexity index is 1440. The number of pyridine rings is 1. The monoisotopic (exact) mass is 572 g/mol. The Morgan fingerprint density at radius 3 is 2.55 bits per heavy atom. The van der Waals surface area contributed by atoms with Crippen molar-refractivity contribution in [2.45, 2.75) is 70.6 Å². The highest BCUT2D eigenvalue weighted by Crippen LogP contribution is 2.41. The molecule has 1 aromatic carbocycles. The minimum atomic E-state index is -3.54. The molecule has 2 unspecified atom stereocenters. The molecule has 2 aromatic heterocycles. The van der Waals surface area contributed by atoms with Crippen molar-refractivity contribution in [3.8, 4) is 11.3 Å². The fraction of sp³-hybridized carbons (Fsp3) is 0.433. The van der Waals surface area contributed by atoms with E-state index < -0.39 is 21.3 Å². The Hall–Kier alpha value is -2.03. The van der Waals surface area contributed by atoms with Gasteiger partial charge in [0.25, 0.3) is 0 Å². The van der Waals surface area contributed by atoms with Crippen LogP contribution in [0.3, 0.4) is 0 Å². The molecular weight excluding hydrogens is 536 g/mol. The second-order valence-electron chi connectivity index (χ2n) is 10.6. The van der Waals surface area contributed by atoms with Crippen molar-refractivity contribution in [1.82, 2.24) is 9.71 Å². The molecule has 5 nitrogen and oxygen atoms in total. The summed E-state index contributed by atoms with van der Waals surface area (Å²) in [6.45, 7) is 7.66. The Labute approximate surface area is 235 Å². The minimum Gasteiger partial charge on any atom is -0.396 e. The van der Waals surface area contributed by atoms with Gasteiger partial charge in [-0.2, -0.15) is 0 Å². The van der Waals surface area contributed by atoms with E-state index in [-0.39, 0.29) is 12.5 Å². The SMILES string of the molecule is CC(CO)c1ccnc(-c2cccc3cc(C(NS(=O)(=O)C(C)C)C4=C(Cl)CCC=C4)sc23)c1.CC1CC1. The highest BCUT2D eigenvalue weighted by atomic mass is 35.5. The molecule has 2 aliphatic rings. The van der Waals surface area contributed by atoms with Gasteiger partial charge in [0.2, 0.25) is 10.0 Å². The van der Waals surface area contributed by atoms with Crippen LogP contribution in [0, 0.1) is 5.92 Å². The number of rotatable bonds is 8. The van der Waals surface area contributed by atoms with E-state index in [9.17, 15) is 13.5 Å². The van der Waals surface area contributed by atoms with Crippen molar-refractivity contribution in [2.24, 2.45) is 5.92 Å². The van der Waals surface area contributed by atoms with Crippen LogP contribution in [0.5, 0.6) is 0 Å². The smallest absolute Gasteiger partial charge is 0.214 e. The number of fused-ring (bicyclic) bond motifs is 1. The van der Waals surface area contributed by atoms with Gasteiger partial charge in [-0.05, 0) is 67.3 Å². The van der Waals surface area contributed by atoms with Gasteiger partial charge in [0.05, 0.1) is 17.0 Å². The summed E-state index contributed by atoms with van der Waals surface area (Å²) in [5.74, 6) is 1.10. The third kappa shape index (κ3) is 6.93. The molecule has 0 amide bonds. The van der Waals surface area contributed by atoms with E-state index in [2.05, 4.69) is 16.6 Å². The summed E-state index contributed by atoms with van der Waals surface area (Å²) in [6, 6.07) is 11.4. The van der Waals surface area contributed by atoms with Crippen molar-refractivity contribution in [3.05, 3.63) is 75.8 Å². The molecule has 2 N–H and O–H groups in total. The molecule has 0 bridgehead atoms. The maximum Gasteiger partial charge on any atom is 0.214 e. The van der Waals surface area contributed by atoms with E-state index in [4.69, 9.17) is 11.6 Å². The van der Waals surface area contributed by atoms with Crippen LogP contribution < -0.4 is 4.72 Å². The predicted molar refractivity (Wildman–Crippen MR) is 160 cm³/mol. The van der Waals surface area contributed by atoms with Gasteiger partial charge in [-0.15, -0.1) is 11.3 Å². The van der Waals surface area contributed by atoms with Crippen molar-refractivity contribution in [2.75, 3.05) is 6.61 Å². The number of halogens is 1. The first-order chi connectivity index (χ1) is 18.1. The maximum atomic E-state index is 12.9. The van der Waals surface area contributed by atoms with Crippen LogP contribution in [0.25, 0.3) is 21.3 Å². The molecule has 204 valence electrons. The molecule has 3 aromatic rings. The number of thiophene rings is 1. The third-order valence-electron chi connectivity index (χ3n) is 6.97. The molecule has 8 heteroatoms. The normalized spacial score (nSPS) is 17.4. The Kier molecular flexibility index (Phi) is 9.48. The molecule has 0 spiro atoms. The van der Waals surface area contributed by atoms with Crippen LogP contribution in [-0.2, 0) is 10.0 Å². The number of allylic oxidation sites excluding steroid dienone is 2. The summed E-state index contributed by atoms with van der Waals surface area (Å²) >= 11 is 8.14. The highest BCUT2D eigenvalue weighted by Gasteiger charge is 2.28. The number of aromatic nitrogens is 1. The zero-order valence-electron chi connectivity index (χ0n) is 22.4. The van der Waals surface area contributed by atoms with E-state index in [1.165, 1.54) is 12.8 Å². The van der Waals surface area contributed by atoms with Crippen molar-refractivity contribution in [3.63, 3.8) is 0 Å². The van der Waals surface area contributed by atoms with Gasteiger partial charge in [0.1, 0.15) is 0 Å². The number of sulfonamides is 1. The first-order valence-electron chi connectivity index (χ1n) is 13.3. The Morgan fingerprint density at radius 1 is 1.18 bits per heavy atom. The summed E-state index contributed by atoms with van der Waals surface area (Å²) < 4.78 is 29.7. The molecule has 38 heavy (non-hydrogen) atoms. The molecule has 0 saturated heterocycles. The molecule has 2 heterocycles. The zero-order valence-corrected chi connectivity index (χ0v) is 24.8. The van der Waals surface area contributed by atoms with Crippen molar-refractivity contribution >= 4 is 43.0 Å². The average molecular weight is 573 g/mol. The average Bonchev–Trinajstić information content (AvgIpc) is 3.56. The largest absolute Gasteiger partial charge is 0.396 e. The lowest BCUT2D eigenvalue weighted by Crippen LogP contribution is -2.34. The molecule has 1 saturated carbocycles. The minimum absolute atomic E-state index is 0.0156. The topological polar surface area (TPSA) is 79.3 Å². The number of nitrogens with one attached hydrogen (secondary N) is 1. The quantitative estimate of drug-likeness (QED) is 0.290. The van der Waals surface area contributed by atoms with E-state index >= 15 is 0 Å². The summed E-state index contributed by atoms with van der Waals surface area (Å²) in [4.78, 5) is 5.47. The van der Waals surface area contributed by atoms with E-state index in [0.29, 0.717) is 11.5 Å². The molecule has 2 aliphatic carbocycles. The van der Waals surface area contributed by atoms with E-state index in [1.54, 1.807) is 31.4 Å². The standard InChI is InChI=1S/C26H29ClN2O3S2.C4H8/c1-16(2)34(31,32)29-25(20-8-4-5-10-22(20)27)24-14-19-7-6-9-21(26(19)33-24)23-13-18(11-12-28-23)17(3)15-30;1-4-2-3-4/h4,6-9,11-14,16-17,25,29-30H,5,10,15H2,1-3H3;4H,2-3H2,1H3. The molecule has 1 fully saturated rings. The van der Waals surface area contributed by atoms with Crippen molar-refractivity contribution in [1.29, 1.82) is 0 Å². The van der Waals surface area contributed by atoms with Crippen LogP contribution in [0.1, 0.15) is 75.8 Å². The second-order valence-corrected chi connectivity index (χ2v) is 14.4. The zero-order chi connectivity index (χ0) is 27.4. The fourth-order valence-corrected chi connectivity index (χ4v) is 6.55. The second kappa shape index (κ2) is 12.4. The lowest BCUT2D eigenvalue weighted by atomic mass is 9.98. The fourth-order valence-electron chi connectivity index (χ4n) is 4.08. The van der Waals surface area contributed by atoms with Crippen LogP contribution in [0.4, 0.5) is 0 Å². The number of hydrogen-bond donors (Lipinski definition) is 2. The van der Waals surface area contributed by atoms with Gasteiger partial charge in [-0.25, -0.2) is 13.1 Å². The van der Waals surface area contributed by atoms with Gasteiger partial charge < -0.3 is 5.11 Å². The lowest BCUT2D eigenvalue weighted by Gasteiger charge is -2.23. The van der Waals surface area contributed by atoms with Gasteiger partial charge in [-0.1, -0.05) is 68.6 Å². The molecule has 2 atom stereocenters. The van der Waals surface area contributed by atoms with Gasteiger partial charge in [-0.3, -0.25) is 4.98 Å². The lowest BCUT2D eigenvalue weighted by molar-refractivity contribution is 0.273. The number of benzene rings is 1. The van der Waals surface area contributed by atoms with Gasteiger partial charge in [0.15, 0.2) is 0 Å². The molecule has 5 rings (SSSR count). The number of aliphatic hydroxyl groups excluding tert-OH is 1. The van der Waals surface area contributed by atoms with E-state index in [1.807, 2.05) is 55.5 Å². The number of nitrogens with zero attached hydrogens (tertiary/aromatic N) is 1. The van der Waals surface area contributed by atoms with E-state index in [0.717, 1.165) is 49.7 Å². The van der Waals surface area contributed by atoms with Crippen LogP contribution in [-0.4, -0.2) is 30.4 Å². The number of aliphatic hydroxyl groups is 1. The maximum absolute atomic E-state index is 12.9. The molecule has 0 aliphatic heterocycles. The summed E-state index contributed by atoms with van der Waals surface area (Å²) in [7, 11) is -3.54. The summed E-state index contributed by atoms with van der Waals surface area (Å²) in [6.07, 6.45) is 10.3. The summed E-state index contributed by atoms with van der Waals surface area (Å²) in [5, 5.41) is 10.7. The summed E-state index contributed by atoms with van der Waals surface area (Å²) in [5.41, 5.74) is 3.62. The van der Waals surface area contributed by atoms with Crippen molar-refractivity contribution < 1.29 is 13.5 Å². The van der Waals surface area contributed by atoms with Crippen LogP contribution in [0.15, 0.2) is 65.4 Å². The highest BCUT2D eigenvalue weighted by molar-refractivity contribution is 7.90. The first-order valence-corrected chi connectivity index (χ1v) is 16.0. The van der Waals surface area contributed by atoms with Crippen LogP contribution in [0.2, 0.25) is 0 Å². The first kappa shape index (κ1) is 29.0. The van der Waals surface area contributed by atoms with Gasteiger partial charge in [0, 0.05) is 38.9 Å². The van der Waals surface area contributed by atoms with Crippen LogP contribution >= 0.6 is 22.9 Å². The molecule has 0 radical (unpaired) electrons. The third-order valence-corrected chi connectivity index (χ3v) is 10.4. The predicted octanol–water partition coefficient (Wildman–Crippen LogP) is 7.69.